The van der Waals surface area contributed by atoms with Crippen LogP contribution in [0.1, 0.15) is 38.5 Å². The van der Waals surface area contributed by atoms with Gasteiger partial charge >= 0.3 is 6.18 Å². The van der Waals surface area contributed by atoms with Crippen LogP contribution in [0.3, 0.4) is 0 Å². The maximum Gasteiger partial charge on any atom is 0.401 e. The van der Waals surface area contributed by atoms with E-state index in [0.717, 1.165) is 12.8 Å². The van der Waals surface area contributed by atoms with Gasteiger partial charge in [-0.25, -0.2) is 0 Å². The Morgan fingerprint density at radius 1 is 1.12 bits per heavy atom. The summed E-state index contributed by atoms with van der Waals surface area (Å²) in [7, 11) is 3.09. The molecule has 0 spiro atoms. The zero-order valence-corrected chi connectivity index (χ0v) is 14.8. The van der Waals surface area contributed by atoms with Gasteiger partial charge in [0, 0.05) is 26.7 Å². The molecule has 0 aliphatic heterocycles. The van der Waals surface area contributed by atoms with Gasteiger partial charge in [0.05, 0.1) is 19.3 Å². The molecule has 1 fully saturated rings. The first-order valence-corrected chi connectivity index (χ1v) is 8.72. The van der Waals surface area contributed by atoms with Crippen LogP contribution in [0.5, 0.6) is 0 Å². The van der Waals surface area contributed by atoms with Crippen molar-refractivity contribution in [2.75, 3.05) is 46.9 Å². The van der Waals surface area contributed by atoms with E-state index >= 15 is 0 Å². The van der Waals surface area contributed by atoms with Gasteiger partial charge in [0.25, 0.3) is 0 Å². The number of rotatable bonds is 8. The highest BCUT2D eigenvalue weighted by atomic mass is 19.4. The molecule has 0 heterocycles. The van der Waals surface area contributed by atoms with Gasteiger partial charge < -0.3 is 15.4 Å². The number of nitrogens with zero attached hydrogens (tertiary/aromatic N) is 2. The monoisotopic (exact) mass is 352 g/mol. The van der Waals surface area contributed by atoms with E-state index in [2.05, 4.69) is 15.6 Å². The average molecular weight is 352 g/mol. The van der Waals surface area contributed by atoms with Crippen molar-refractivity contribution in [3.05, 3.63) is 0 Å². The molecule has 0 radical (unpaired) electrons. The summed E-state index contributed by atoms with van der Waals surface area (Å²) >= 11 is 0. The smallest absolute Gasteiger partial charge is 0.376 e. The lowest BCUT2D eigenvalue weighted by Crippen LogP contribution is -2.43. The van der Waals surface area contributed by atoms with Crippen molar-refractivity contribution < 1.29 is 17.9 Å². The molecule has 0 aromatic heterocycles. The number of likely N-dealkylation sites (N-methyl/N-ethyl adjacent to an activating group) is 1. The van der Waals surface area contributed by atoms with Crippen molar-refractivity contribution >= 4 is 5.96 Å². The number of ether oxygens (including phenoxy) is 1. The SMILES string of the molecule is CN=C(NCCOC1CCCCCC1)NCCN(C)CC(F)(F)F. The molecule has 24 heavy (non-hydrogen) atoms. The van der Waals surface area contributed by atoms with Gasteiger partial charge in [0.1, 0.15) is 0 Å². The number of hydrogen-bond acceptors (Lipinski definition) is 3. The highest BCUT2D eigenvalue weighted by molar-refractivity contribution is 5.79. The normalized spacial score (nSPS) is 17.8. The van der Waals surface area contributed by atoms with Gasteiger partial charge in [0.15, 0.2) is 5.96 Å². The summed E-state index contributed by atoms with van der Waals surface area (Å²) in [5.74, 6) is 0.583. The third-order valence-electron chi connectivity index (χ3n) is 4.01. The second-order valence-corrected chi connectivity index (χ2v) is 6.26. The van der Waals surface area contributed by atoms with Gasteiger partial charge in [-0.2, -0.15) is 13.2 Å². The molecule has 1 rings (SSSR count). The first-order chi connectivity index (χ1) is 11.4. The van der Waals surface area contributed by atoms with Gasteiger partial charge in [-0.15, -0.1) is 0 Å². The van der Waals surface area contributed by atoms with Gasteiger partial charge in [-0.1, -0.05) is 25.7 Å². The Bertz CT molecular complexity index is 356. The van der Waals surface area contributed by atoms with Gasteiger partial charge in [-0.05, 0) is 19.9 Å². The fraction of sp³-hybridized carbons (Fsp3) is 0.938. The van der Waals surface area contributed by atoms with Crippen molar-refractivity contribution in [3.8, 4) is 0 Å². The first-order valence-electron chi connectivity index (χ1n) is 8.72. The third-order valence-corrected chi connectivity index (χ3v) is 4.01. The van der Waals surface area contributed by atoms with Crippen LogP contribution in [0, 0.1) is 0 Å². The third kappa shape index (κ3) is 10.7. The van der Waals surface area contributed by atoms with E-state index in [4.69, 9.17) is 4.74 Å². The summed E-state index contributed by atoms with van der Waals surface area (Å²) in [6.45, 7) is 1.03. The molecule has 0 amide bonds. The second-order valence-electron chi connectivity index (χ2n) is 6.26. The molecule has 2 N–H and O–H groups in total. The molecule has 1 aliphatic carbocycles. The summed E-state index contributed by atoms with van der Waals surface area (Å²) in [6, 6.07) is 0. The van der Waals surface area contributed by atoms with E-state index in [1.54, 1.807) is 7.05 Å². The zero-order valence-electron chi connectivity index (χ0n) is 14.8. The number of alkyl halides is 3. The Labute approximate surface area is 143 Å². The Hall–Kier alpha value is -1.02. The van der Waals surface area contributed by atoms with Crippen LogP contribution in [0.4, 0.5) is 13.2 Å². The molecule has 5 nitrogen and oxygen atoms in total. The fourth-order valence-corrected chi connectivity index (χ4v) is 2.77. The quantitative estimate of drug-likeness (QED) is 0.305. The largest absolute Gasteiger partial charge is 0.401 e. The highest BCUT2D eigenvalue weighted by Gasteiger charge is 2.28. The predicted molar refractivity (Wildman–Crippen MR) is 90.4 cm³/mol. The lowest BCUT2D eigenvalue weighted by atomic mass is 10.1. The summed E-state index contributed by atoms with van der Waals surface area (Å²) in [5.41, 5.74) is 0. The predicted octanol–water partition coefficient (Wildman–Crippen LogP) is 2.38. The minimum absolute atomic E-state index is 0.290. The standard InChI is InChI=1S/C16H31F3N4O/c1-20-15(21-9-11-23(2)13-16(17,18)19)22-10-12-24-14-7-5-3-4-6-8-14/h14H,3-13H2,1-2H3,(H2,20,21,22). The van der Waals surface area contributed by atoms with Gasteiger partial charge in [0.2, 0.25) is 0 Å². The van der Waals surface area contributed by atoms with Crippen LogP contribution in [0.15, 0.2) is 4.99 Å². The molecular formula is C16H31F3N4O. The molecule has 0 saturated heterocycles. The van der Waals surface area contributed by atoms with Crippen molar-refractivity contribution in [2.45, 2.75) is 50.8 Å². The minimum Gasteiger partial charge on any atom is -0.376 e. The Morgan fingerprint density at radius 2 is 1.75 bits per heavy atom. The van der Waals surface area contributed by atoms with Crippen molar-refractivity contribution in [2.24, 2.45) is 4.99 Å². The van der Waals surface area contributed by atoms with E-state index in [0.29, 0.717) is 38.3 Å². The van der Waals surface area contributed by atoms with E-state index in [1.807, 2.05) is 0 Å². The molecule has 8 heteroatoms. The first kappa shape index (κ1) is 21.0. The van der Waals surface area contributed by atoms with E-state index in [-0.39, 0.29) is 0 Å². The van der Waals surface area contributed by atoms with Gasteiger partial charge in [-0.3, -0.25) is 9.89 Å². The minimum atomic E-state index is -4.16. The lowest BCUT2D eigenvalue weighted by molar-refractivity contribution is -0.142. The van der Waals surface area contributed by atoms with E-state index in [9.17, 15) is 13.2 Å². The van der Waals surface area contributed by atoms with E-state index < -0.39 is 12.7 Å². The zero-order chi connectivity index (χ0) is 17.8. The van der Waals surface area contributed by atoms with E-state index in [1.165, 1.54) is 37.6 Å². The molecule has 1 aliphatic rings. The van der Waals surface area contributed by atoms with Crippen LogP contribution in [0.25, 0.3) is 0 Å². The number of guanidine groups is 1. The number of aliphatic imine (C=N–C) groups is 1. The van der Waals surface area contributed by atoms with Crippen molar-refractivity contribution in [1.29, 1.82) is 0 Å². The second kappa shape index (κ2) is 11.5. The van der Waals surface area contributed by atoms with Crippen molar-refractivity contribution in [1.82, 2.24) is 15.5 Å². The number of halogens is 3. The highest BCUT2D eigenvalue weighted by Crippen LogP contribution is 2.19. The summed E-state index contributed by atoms with van der Waals surface area (Å²) in [5, 5.41) is 6.13. The fourth-order valence-electron chi connectivity index (χ4n) is 2.77. The Kier molecular flexibility index (Phi) is 10.1. The number of nitrogens with one attached hydrogen (secondary N) is 2. The molecule has 0 unspecified atom stereocenters. The average Bonchev–Trinajstić information content (AvgIpc) is 2.76. The number of hydrogen-bond donors (Lipinski definition) is 2. The van der Waals surface area contributed by atoms with Crippen LogP contribution < -0.4 is 10.6 Å². The maximum absolute atomic E-state index is 12.2. The Morgan fingerprint density at radius 3 is 2.33 bits per heavy atom. The molecular weight excluding hydrogens is 321 g/mol. The summed E-state index contributed by atoms with van der Waals surface area (Å²) < 4.78 is 42.6. The maximum atomic E-state index is 12.2. The van der Waals surface area contributed by atoms with Crippen molar-refractivity contribution in [3.63, 3.8) is 0 Å². The van der Waals surface area contributed by atoms with Crippen LogP contribution in [-0.2, 0) is 4.74 Å². The molecule has 142 valence electrons. The molecule has 0 bridgehead atoms. The molecule has 0 aromatic rings. The molecule has 0 atom stereocenters. The van der Waals surface area contributed by atoms with Crippen LogP contribution in [-0.4, -0.2) is 70.0 Å². The summed E-state index contributed by atoms with van der Waals surface area (Å²) in [6.07, 6.45) is 3.57. The Balaban J connectivity index is 2.09. The van der Waals surface area contributed by atoms with Crippen LogP contribution in [0.2, 0.25) is 0 Å². The molecule has 0 aromatic carbocycles. The van der Waals surface area contributed by atoms with Crippen LogP contribution >= 0.6 is 0 Å². The molecule has 1 saturated carbocycles. The summed E-state index contributed by atoms with van der Waals surface area (Å²) in [4.78, 5) is 5.29. The lowest BCUT2D eigenvalue weighted by Gasteiger charge is -2.20. The topological polar surface area (TPSA) is 48.9 Å².